The van der Waals surface area contributed by atoms with E-state index in [0.717, 1.165) is 26.1 Å². The lowest BCUT2D eigenvalue weighted by Crippen LogP contribution is -2.24. The molecule has 0 radical (unpaired) electrons. The maximum Gasteiger partial charge on any atom is 0.220 e. The van der Waals surface area contributed by atoms with Crippen LogP contribution in [0.4, 0.5) is 0 Å². The number of amides is 1. The number of nitrogens with one attached hydrogen (secondary N) is 1. The Morgan fingerprint density at radius 1 is 1.38 bits per heavy atom. The maximum atomic E-state index is 10.9. The van der Waals surface area contributed by atoms with Gasteiger partial charge in [-0.1, -0.05) is 13.8 Å². The number of rotatable bonds is 2. The van der Waals surface area contributed by atoms with Crippen molar-refractivity contribution in [2.45, 2.75) is 33.1 Å². The van der Waals surface area contributed by atoms with E-state index < -0.39 is 0 Å². The van der Waals surface area contributed by atoms with E-state index in [2.05, 4.69) is 5.32 Å². The summed E-state index contributed by atoms with van der Waals surface area (Å²) in [4.78, 5) is 10.9. The van der Waals surface area contributed by atoms with Crippen LogP contribution in [0.3, 0.4) is 0 Å². The number of carbonyl (C=O) groups excluding carboxylic acids is 1. The first-order valence-electron chi connectivity index (χ1n) is 5.11. The van der Waals surface area contributed by atoms with Gasteiger partial charge in [0, 0.05) is 26.7 Å². The van der Waals surface area contributed by atoms with Crippen molar-refractivity contribution in [3.63, 3.8) is 0 Å². The Labute approximate surface area is 80.8 Å². The summed E-state index contributed by atoms with van der Waals surface area (Å²) >= 11 is 0. The Hall–Kier alpha value is -0.570. The second kappa shape index (κ2) is 8.05. The van der Waals surface area contributed by atoms with Gasteiger partial charge in [-0.3, -0.25) is 4.79 Å². The largest absolute Gasteiger partial charge is 0.381 e. The van der Waals surface area contributed by atoms with E-state index >= 15 is 0 Å². The van der Waals surface area contributed by atoms with Crippen molar-refractivity contribution < 1.29 is 9.53 Å². The lowest BCUT2D eigenvalue weighted by atomic mass is 9.96. The molecule has 0 aromatic carbocycles. The minimum Gasteiger partial charge on any atom is -0.381 e. The highest BCUT2D eigenvalue weighted by atomic mass is 16.5. The van der Waals surface area contributed by atoms with Crippen molar-refractivity contribution in [2.24, 2.45) is 5.92 Å². The number of hydrogen-bond acceptors (Lipinski definition) is 2. The van der Waals surface area contributed by atoms with Gasteiger partial charge < -0.3 is 10.1 Å². The summed E-state index contributed by atoms with van der Waals surface area (Å²) in [5, 5.41) is 2.63. The molecular formula is C10H21NO2. The molecule has 0 aliphatic carbocycles. The SMILES string of the molecule is CC.CNC(=O)CC1CCOCC1. The second-order valence-corrected chi connectivity index (χ2v) is 2.93. The van der Waals surface area contributed by atoms with Gasteiger partial charge in [0.05, 0.1) is 0 Å². The maximum absolute atomic E-state index is 10.9. The van der Waals surface area contributed by atoms with Gasteiger partial charge in [-0.05, 0) is 18.8 Å². The van der Waals surface area contributed by atoms with Gasteiger partial charge >= 0.3 is 0 Å². The molecule has 1 N–H and O–H groups in total. The average Bonchev–Trinajstić information content (AvgIpc) is 2.22. The van der Waals surface area contributed by atoms with Crippen LogP contribution in [-0.4, -0.2) is 26.2 Å². The van der Waals surface area contributed by atoms with E-state index in [4.69, 9.17) is 4.74 Å². The normalized spacial score (nSPS) is 17.2. The summed E-state index contributed by atoms with van der Waals surface area (Å²) in [5.41, 5.74) is 0. The van der Waals surface area contributed by atoms with Gasteiger partial charge in [0.1, 0.15) is 0 Å². The Bertz CT molecular complexity index is 131. The van der Waals surface area contributed by atoms with Crippen LogP contribution < -0.4 is 5.32 Å². The fraction of sp³-hybridized carbons (Fsp3) is 0.900. The van der Waals surface area contributed by atoms with Crippen molar-refractivity contribution in [3.8, 4) is 0 Å². The molecule has 0 spiro atoms. The minimum atomic E-state index is 0.150. The average molecular weight is 187 g/mol. The molecular weight excluding hydrogens is 166 g/mol. The van der Waals surface area contributed by atoms with E-state index in [9.17, 15) is 4.79 Å². The fourth-order valence-corrected chi connectivity index (χ4v) is 1.31. The topological polar surface area (TPSA) is 38.3 Å². The summed E-state index contributed by atoms with van der Waals surface area (Å²) in [6, 6.07) is 0. The lowest BCUT2D eigenvalue weighted by Gasteiger charge is -2.20. The molecule has 0 bridgehead atoms. The molecule has 0 aromatic heterocycles. The Balaban J connectivity index is 0.000000671. The molecule has 0 saturated carbocycles. The molecule has 1 amide bonds. The summed E-state index contributed by atoms with van der Waals surface area (Å²) in [7, 11) is 1.68. The van der Waals surface area contributed by atoms with E-state index in [1.54, 1.807) is 7.05 Å². The molecule has 1 heterocycles. The predicted octanol–water partition coefficient (Wildman–Crippen LogP) is 1.58. The van der Waals surface area contributed by atoms with Crippen molar-refractivity contribution in [2.75, 3.05) is 20.3 Å². The van der Waals surface area contributed by atoms with Gasteiger partial charge in [-0.2, -0.15) is 0 Å². The van der Waals surface area contributed by atoms with Crippen LogP contribution in [0.15, 0.2) is 0 Å². The fourth-order valence-electron chi connectivity index (χ4n) is 1.31. The molecule has 1 aliphatic heterocycles. The first kappa shape index (κ1) is 12.4. The quantitative estimate of drug-likeness (QED) is 0.712. The Kier molecular flexibility index (Phi) is 7.69. The first-order valence-corrected chi connectivity index (χ1v) is 5.11. The molecule has 0 unspecified atom stereocenters. The van der Waals surface area contributed by atoms with Crippen LogP contribution >= 0.6 is 0 Å². The summed E-state index contributed by atoms with van der Waals surface area (Å²) in [6.45, 7) is 5.64. The van der Waals surface area contributed by atoms with Crippen molar-refractivity contribution >= 4 is 5.91 Å². The van der Waals surface area contributed by atoms with E-state index in [1.165, 1.54) is 0 Å². The van der Waals surface area contributed by atoms with Crippen molar-refractivity contribution in [1.29, 1.82) is 0 Å². The van der Waals surface area contributed by atoms with Gasteiger partial charge in [0.25, 0.3) is 0 Å². The van der Waals surface area contributed by atoms with Crippen LogP contribution in [0.25, 0.3) is 0 Å². The molecule has 13 heavy (non-hydrogen) atoms. The monoisotopic (exact) mass is 187 g/mol. The third kappa shape index (κ3) is 5.64. The van der Waals surface area contributed by atoms with E-state index in [1.807, 2.05) is 13.8 Å². The summed E-state index contributed by atoms with van der Waals surface area (Å²) in [5.74, 6) is 0.695. The molecule has 1 aliphatic rings. The third-order valence-electron chi connectivity index (χ3n) is 2.09. The molecule has 1 fully saturated rings. The van der Waals surface area contributed by atoms with Crippen LogP contribution in [0, 0.1) is 5.92 Å². The van der Waals surface area contributed by atoms with Gasteiger partial charge in [-0.25, -0.2) is 0 Å². The molecule has 3 nitrogen and oxygen atoms in total. The third-order valence-corrected chi connectivity index (χ3v) is 2.09. The van der Waals surface area contributed by atoms with Gasteiger partial charge in [-0.15, -0.1) is 0 Å². The highest BCUT2D eigenvalue weighted by molar-refractivity contribution is 5.75. The van der Waals surface area contributed by atoms with Crippen molar-refractivity contribution in [3.05, 3.63) is 0 Å². The highest BCUT2D eigenvalue weighted by Gasteiger charge is 2.16. The van der Waals surface area contributed by atoms with Crippen LogP contribution in [0.1, 0.15) is 33.1 Å². The smallest absolute Gasteiger partial charge is 0.220 e. The van der Waals surface area contributed by atoms with E-state index in [0.29, 0.717) is 12.3 Å². The molecule has 1 saturated heterocycles. The van der Waals surface area contributed by atoms with Crippen LogP contribution in [0.5, 0.6) is 0 Å². The number of hydrogen-bond donors (Lipinski definition) is 1. The summed E-state index contributed by atoms with van der Waals surface area (Å²) < 4.78 is 5.18. The van der Waals surface area contributed by atoms with Crippen LogP contribution in [0.2, 0.25) is 0 Å². The highest BCUT2D eigenvalue weighted by Crippen LogP contribution is 2.17. The van der Waals surface area contributed by atoms with Crippen LogP contribution in [-0.2, 0) is 9.53 Å². The Morgan fingerprint density at radius 3 is 2.38 bits per heavy atom. The van der Waals surface area contributed by atoms with Crippen molar-refractivity contribution in [1.82, 2.24) is 5.32 Å². The van der Waals surface area contributed by atoms with Gasteiger partial charge in [0.2, 0.25) is 5.91 Å². The number of ether oxygens (including phenoxy) is 1. The minimum absolute atomic E-state index is 0.150. The summed E-state index contributed by atoms with van der Waals surface area (Å²) in [6.07, 6.45) is 2.74. The molecule has 78 valence electrons. The van der Waals surface area contributed by atoms with E-state index in [-0.39, 0.29) is 5.91 Å². The number of carbonyl (C=O) groups is 1. The molecule has 3 heteroatoms. The molecule has 0 aromatic rings. The first-order chi connectivity index (χ1) is 6.33. The Morgan fingerprint density at radius 2 is 1.92 bits per heavy atom. The zero-order valence-electron chi connectivity index (χ0n) is 8.93. The van der Waals surface area contributed by atoms with Gasteiger partial charge in [0.15, 0.2) is 0 Å². The second-order valence-electron chi connectivity index (χ2n) is 2.93. The zero-order valence-corrected chi connectivity index (χ0v) is 8.93. The molecule has 1 rings (SSSR count). The zero-order chi connectivity index (χ0) is 10.1. The standard InChI is InChI=1S/C8H15NO2.C2H6/c1-9-8(10)6-7-2-4-11-5-3-7;1-2/h7H,2-6H2,1H3,(H,9,10);1-2H3. The predicted molar refractivity (Wildman–Crippen MR) is 53.6 cm³/mol. The lowest BCUT2D eigenvalue weighted by molar-refractivity contribution is -0.122. The molecule has 0 atom stereocenters.